The Balaban J connectivity index is 1.28. The smallest absolute Gasteiger partial charge is 0.316 e. The van der Waals surface area contributed by atoms with Crippen LogP contribution in [0.25, 0.3) is 0 Å². The first-order valence-electron chi connectivity index (χ1n) is 11.7. The van der Waals surface area contributed by atoms with Crippen molar-refractivity contribution in [1.82, 2.24) is 0 Å². The summed E-state index contributed by atoms with van der Waals surface area (Å²) < 4.78 is 10.7. The standard InChI is InChI=1S/C27H26N2O6/c1-16-6-11-22-23(12-16)26(32)29(25(22)31)19-4-3-5-21(14-19)35-27(33)17-13-24(30)28(15-17)18-7-9-20(34-2)10-8-18/h3-10,14,17,22-23H,11-13,15H2,1-2H3/t17-,22-,23+/m1/s1. The summed E-state index contributed by atoms with van der Waals surface area (Å²) in [6.07, 6.45) is 3.21. The quantitative estimate of drug-likeness (QED) is 0.285. The molecular formula is C27H26N2O6. The van der Waals surface area contributed by atoms with Crippen molar-refractivity contribution in [3.8, 4) is 11.5 Å². The van der Waals surface area contributed by atoms with Gasteiger partial charge in [-0.2, -0.15) is 0 Å². The van der Waals surface area contributed by atoms with E-state index < -0.39 is 11.9 Å². The number of imide groups is 1. The molecule has 35 heavy (non-hydrogen) atoms. The van der Waals surface area contributed by atoms with Gasteiger partial charge in [-0.1, -0.05) is 17.7 Å². The average molecular weight is 475 g/mol. The predicted molar refractivity (Wildman–Crippen MR) is 128 cm³/mol. The zero-order valence-electron chi connectivity index (χ0n) is 19.6. The van der Waals surface area contributed by atoms with Gasteiger partial charge in [0.05, 0.1) is 30.6 Å². The zero-order valence-corrected chi connectivity index (χ0v) is 19.6. The summed E-state index contributed by atoms with van der Waals surface area (Å²) in [6, 6.07) is 13.5. The Kier molecular flexibility index (Phi) is 5.88. The molecule has 8 heteroatoms. The number of amides is 3. The molecule has 0 unspecified atom stereocenters. The second-order valence-electron chi connectivity index (χ2n) is 9.24. The largest absolute Gasteiger partial charge is 0.497 e. The third-order valence-electron chi connectivity index (χ3n) is 6.96. The second kappa shape index (κ2) is 9.02. The third-order valence-corrected chi connectivity index (χ3v) is 6.96. The van der Waals surface area contributed by atoms with Crippen molar-refractivity contribution in [3.63, 3.8) is 0 Å². The molecule has 3 amide bonds. The van der Waals surface area contributed by atoms with Crippen LogP contribution in [0.15, 0.2) is 60.2 Å². The number of carbonyl (C=O) groups excluding carboxylic acids is 4. The normalized spacial score (nSPS) is 23.9. The van der Waals surface area contributed by atoms with Crippen molar-refractivity contribution < 1.29 is 28.7 Å². The van der Waals surface area contributed by atoms with Gasteiger partial charge in [0.25, 0.3) is 0 Å². The highest BCUT2D eigenvalue weighted by molar-refractivity contribution is 6.22. The van der Waals surface area contributed by atoms with Gasteiger partial charge in [0.1, 0.15) is 11.5 Å². The van der Waals surface area contributed by atoms with Gasteiger partial charge in [0, 0.05) is 24.7 Å². The summed E-state index contributed by atoms with van der Waals surface area (Å²) in [5, 5.41) is 0. The lowest BCUT2D eigenvalue weighted by Crippen LogP contribution is -2.31. The van der Waals surface area contributed by atoms with Gasteiger partial charge in [-0.05, 0) is 56.2 Å². The molecule has 2 aliphatic heterocycles. The minimum Gasteiger partial charge on any atom is -0.497 e. The highest BCUT2D eigenvalue weighted by Crippen LogP contribution is 2.40. The van der Waals surface area contributed by atoms with E-state index in [1.807, 2.05) is 13.0 Å². The van der Waals surface area contributed by atoms with E-state index in [1.54, 1.807) is 54.5 Å². The van der Waals surface area contributed by atoms with E-state index in [9.17, 15) is 19.2 Å². The summed E-state index contributed by atoms with van der Waals surface area (Å²) in [6.45, 7) is 2.18. The lowest BCUT2D eigenvalue weighted by Gasteiger charge is -2.18. The Morgan fingerprint density at radius 1 is 0.914 bits per heavy atom. The molecule has 2 heterocycles. The van der Waals surface area contributed by atoms with Gasteiger partial charge in [-0.3, -0.25) is 19.2 Å². The molecule has 2 fully saturated rings. The summed E-state index contributed by atoms with van der Waals surface area (Å²) in [5.41, 5.74) is 2.19. The molecule has 1 aliphatic carbocycles. The second-order valence-corrected chi connectivity index (χ2v) is 9.24. The number of allylic oxidation sites excluding steroid dienone is 2. The summed E-state index contributed by atoms with van der Waals surface area (Å²) in [7, 11) is 1.57. The lowest BCUT2D eigenvalue weighted by atomic mass is 9.82. The Hall–Kier alpha value is -3.94. The van der Waals surface area contributed by atoms with Crippen LogP contribution in [0, 0.1) is 17.8 Å². The van der Waals surface area contributed by atoms with E-state index in [4.69, 9.17) is 9.47 Å². The van der Waals surface area contributed by atoms with Crippen molar-refractivity contribution in [1.29, 1.82) is 0 Å². The van der Waals surface area contributed by atoms with E-state index in [2.05, 4.69) is 0 Å². The van der Waals surface area contributed by atoms with Crippen LogP contribution in [0.4, 0.5) is 11.4 Å². The monoisotopic (exact) mass is 474 g/mol. The van der Waals surface area contributed by atoms with Crippen LogP contribution in [0.5, 0.6) is 11.5 Å². The number of hydrogen-bond acceptors (Lipinski definition) is 6. The SMILES string of the molecule is COc1ccc(N2C[C@H](C(=O)Oc3cccc(N4C(=O)[C@H]5CC(C)=CC[C@H]5C4=O)c3)CC2=O)cc1. The first kappa shape index (κ1) is 22.8. The minimum absolute atomic E-state index is 0.0450. The highest BCUT2D eigenvalue weighted by atomic mass is 16.5. The Morgan fingerprint density at radius 3 is 2.40 bits per heavy atom. The number of benzene rings is 2. The van der Waals surface area contributed by atoms with Gasteiger partial charge >= 0.3 is 5.97 Å². The molecule has 3 aliphatic rings. The molecule has 2 aromatic carbocycles. The number of methoxy groups -OCH3 is 1. The van der Waals surface area contributed by atoms with Crippen LogP contribution < -0.4 is 19.3 Å². The van der Waals surface area contributed by atoms with Crippen LogP contribution in [0.1, 0.15) is 26.2 Å². The number of ether oxygens (including phenoxy) is 2. The van der Waals surface area contributed by atoms with Crippen molar-refractivity contribution >= 4 is 35.1 Å². The van der Waals surface area contributed by atoms with Crippen molar-refractivity contribution in [2.75, 3.05) is 23.5 Å². The number of anilines is 2. The third kappa shape index (κ3) is 4.20. The van der Waals surface area contributed by atoms with E-state index in [0.717, 1.165) is 5.57 Å². The molecule has 2 aromatic rings. The van der Waals surface area contributed by atoms with E-state index in [0.29, 0.717) is 30.0 Å². The minimum atomic E-state index is -0.625. The maximum atomic E-state index is 13.0. The predicted octanol–water partition coefficient (Wildman–Crippen LogP) is 3.50. The Labute approximate surface area is 203 Å². The molecule has 5 rings (SSSR count). The molecule has 3 atom stereocenters. The van der Waals surface area contributed by atoms with Crippen LogP contribution in [-0.4, -0.2) is 37.3 Å². The Morgan fingerprint density at radius 2 is 1.66 bits per heavy atom. The number of esters is 1. The highest BCUT2D eigenvalue weighted by Gasteiger charge is 2.48. The van der Waals surface area contributed by atoms with Crippen molar-refractivity contribution in [2.45, 2.75) is 26.2 Å². The first-order valence-corrected chi connectivity index (χ1v) is 11.7. The number of rotatable bonds is 5. The van der Waals surface area contributed by atoms with Gasteiger partial charge in [-0.15, -0.1) is 0 Å². The van der Waals surface area contributed by atoms with E-state index in [-0.39, 0.29) is 48.3 Å². The van der Waals surface area contributed by atoms with Crippen LogP contribution >= 0.6 is 0 Å². The van der Waals surface area contributed by atoms with Crippen molar-refractivity contribution in [2.24, 2.45) is 17.8 Å². The fourth-order valence-electron chi connectivity index (χ4n) is 5.05. The van der Waals surface area contributed by atoms with Crippen molar-refractivity contribution in [3.05, 3.63) is 60.2 Å². The molecule has 2 saturated heterocycles. The molecule has 8 nitrogen and oxygen atoms in total. The molecule has 0 saturated carbocycles. The van der Waals surface area contributed by atoms with Gasteiger partial charge in [-0.25, -0.2) is 4.90 Å². The van der Waals surface area contributed by atoms with Crippen LogP contribution in [-0.2, 0) is 19.2 Å². The summed E-state index contributed by atoms with van der Waals surface area (Å²) in [5.74, 6) is -1.52. The maximum absolute atomic E-state index is 13.0. The summed E-state index contributed by atoms with van der Waals surface area (Å²) >= 11 is 0. The number of hydrogen-bond donors (Lipinski definition) is 0. The number of fused-ring (bicyclic) bond motifs is 1. The number of nitrogens with zero attached hydrogens (tertiary/aromatic N) is 2. The zero-order chi connectivity index (χ0) is 24.7. The molecule has 0 spiro atoms. The lowest BCUT2D eigenvalue weighted by molar-refractivity contribution is -0.139. The van der Waals surface area contributed by atoms with Gasteiger partial charge < -0.3 is 14.4 Å². The first-order chi connectivity index (χ1) is 16.9. The maximum Gasteiger partial charge on any atom is 0.316 e. The molecule has 0 N–H and O–H groups in total. The molecular weight excluding hydrogens is 448 g/mol. The van der Waals surface area contributed by atoms with Crippen LogP contribution in [0.2, 0.25) is 0 Å². The Bertz CT molecular complexity index is 1230. The van der Waals surface area contributed by atoms with E-state index in [1.165, 1.54) is 11.0 Å². The van der Waals surface area contributed by atoms with Gasteiger partial charge in [0.2, 0.25) is 17.7 Å². The molecule has 0 radical (unpaired) electrons. The molecule has 0 bridgehead atoms. The fourth-order valence-corrected chi connectivity index (χ4v) is 5.05. The van der Waals surface area contributed by atoms with E-state index >= 15 is 0 Å². The topological polar surface area (TPSA) is 93.2 Å². The fraction of sp³-hybridized carbons (Fsp3) is 0.333. The number of carbonyl (C=O) groups is 4. The molecule has 180 valence electrons. The summed E-state index contributed by atoms with van der Waals surface area (Å²) in [4.78, 5) is 54.1. The molecule has 0 aromatic heterocycles. The van der Waals surface area contributed by atoms with Crippen LogP contribution in [0.3, 0.4) is 0 Å². The van der Waals surface area contributed by atoms with Gasteiger partial charge in [0.15, 0.2) is 0 Å². The average Bonchev–Trinajstić information content (AvgIpc) is 3.36.